The predicted molar refractivity (Wildman–Crippen MR) is 124 cm³/mol. The van der Waals surface area contributed by atoms with Gasteiger partial charge in [-0.2, -0.15) is 0 Å². The van der Waals surface area contributed by atoms with E-state index in [1.54, 1.807) is 30.3 Å². The summed E-state index contributed by atoms with van der Waals surface area (Å²) in [4.78, 5) is 50.1. The maximum absolute atomic E-state index is 13.0. The van der Waals surface area contributed by atoms with Crippen molar-refractivity contribution in [3.05, 3.63) is 76.4 Å². The third-order valence-electron chi connectivity index (χ3n) is 6.68. The van der Waals surface area contributed by atoms with Crippen molar-refractivity contribution in [3.8, 4) is 5.75 Å². The fourth-order valence-corrected chi connectivity index (χ4v) is 5.17. The average Bonchev–Trinajstić information content (AvgIpc) is 3.51. The molecule has 1 N–H and O–H groups in total. The number of nitrogens with one attached hydrogen (secondary N) is 1. The molecule has 2 aromatic rings. The molecule has 4 atom stereocenters. The first-order valence-electron chi connectivity index (χ1n) is 10.8. The molecule has 0 radical (unpaired) electrons. The van der Waals surface area contributed by atoms with Crippen LogP contribution in [0.4, 0.5) is 17.1 Å². The molecule has 9 heteroatoms. The SMILES string of the molecule is COc1cc([N+](=O)[O-])ccc1NC(=O)/C=C/c1cccc(N2C(=O)[C@@H]3[C@H](C2=O)[C@@H]2C=C[C@H]3C2)c1. The summed E-state index contributed by atoms with van der Waals surface area (Å²) in [7, 11) is 1.35. The largest absolute Gasteiger partial charge is 0.494 e. The van der Waals surface area contributed by atoms with Crippen LogP contribution in [0.25, 0.3) is 6.08 Å². The number of nitro benzene ring substituents is 1. The molecule has 2 bridgehead atoms. The first kappa shape index (κ1) is 21.6. The van der Waals surface area contributed by atoms with Gasteiger partial charge < -0.3 is 10.1 Å². The Bertz CT molecular complexity index is 1250. The quantitative estimate of drug-likeness (QED) is 0.232. The first-order chi connectivity index (χ1) is 16.4. The highest BCUT2D eigenvalue weighted by atomic mass is 16.6. The predicted octanol–water partition coefficient (Wildman–Crippen LogP) is 3.57. The number of hydrogen-bond donors (Lipinski definition) is 1. The number of carbonyl (C=O) groups excluding carboxylic acids is 3. The molecule has 3 aliphatic rings. The van der Waals surface area contributed by atoms with Gasteiger partial charge >= 0.3 is 0 Å². The lowest BCUT2D eigenvalue weighted by Gasteiger charge is -2.17. The van der Waals surface area contributed by atoms with Crippen LogP contribution in [0, 0.1) is 33.8 Å². The minimum atomic E-state index is -0.550. The van der Waals surface area contributed by atoms with Crippen LogP contribution in [0.1, 0.15) is 12.0 Å². The molecule has 1 aliphatic heterocycles. The number of hydrogen-bond acceptors (Lipinski definition) is 6. The van der Waals surface area contributed by atoms with Crippen molar-refractivity contribution >= 4 is 40.9 Å². The number of carbonyl (C=O) groups is 3. The van der Waals surface area contributed by atoms with Crippen molar-refractivity contribution < 1.29 is 24.0 Å². The number of allylic oxidation sites excluding steroid dienone is 2. The number of fused-ring (bicyclic) bond motifs is 5. The van der Waals surface area contributed by atoms with Crippen molar-refractivity contribution in [1.82, 2.24) is 0 Å². The fourth-order valence-electron chi connectivity index (χ4n) is 5.17. The molecule has 172 valence electrons. The van der Waals surface area contributed by atoms with Crippen LogP contribution in [-0.4, -0.2) is 29.8 Å². The maximum atomic E-state index is 13.0. The number of nitro groups is 1. The van der Waals surface area contributed by atoms with Gasteiger partial charge in [-0.15, -0.1) is 0 Å². The molecule has 0 aromatic heterocycles. The third kappa shape index (κ3) is 3.55. The number of nitrogens with zero attached hydrogens (tertiary/aromatic N) is 2. The molecule has 2 aromatic carbocycles. The van der Waals surface area contributed by atoms with Crippen LogP contribution in [0.3, 0.4) is 0 Å². The lowest BCUT2D eigenvalue weighted by molar-refractivity contribution is -0.384. The number of methoxy groups -OCH3 is 1. The zero-order chi connectivity index (χ0) is 24.0. The topological polar surface area (TPSA) is 119 Å². The number of rotatable bonds is 6. The van der Waals surface area contributed by atoms with Crippen molar-refractivity contribution in [2.45, 2.75) is 6.42 Å². The van der Waals surface area contributed by atoms with Crippen LogP contribution >= 0.6 is 0 Å². The average molecular weight is 459 g/mol. The highest BCUT2D eigenvalue weighted by Crippen LogP contribution is 2.53. The van der Waals surface area contributed by atoms with Gasteiger partial charge in [0.1, 0.15) is 5.75 Å². The van der Waals surface area contributed by atoms with E-state index in [1.807, 2.05) is 0 Å². The highest BCUT2D eigenvalue weighted by Gasteiger charge is 2.59. The smallest absolute Gasteiger partial charge is 0.273 e. The van der Waals surface area contributed by atoms with Gasteiger partial charge in [-0.05, 0) is 48.1 Å². The Balaban J connectivity index is 1.31. The van der Waals surface area contributed by atoms with Crippen LogP contribution in [-0.2, 0) is 14.4 Å². The van der Waals surface area contributed by atoms with Gasteiger partial charge in [0.2, 0.25) is 17.7 Å². The van der Waals surface area contributed by atoms with Crippen molar-refractivity contribution in [1.29, 1.82) is 0 Å². The summed E-state index contributed by atoms with van der Waals surface area (Å²) in [6.07, 6.45) is 7.84. The molecular formula is C25H21N3O6. The van der Waals surface area contributed by atoms with Gasteiger partial charge in [0.05, 0.1) is 41.3 Å². The molecule has 1 heterocycles. The van der Waals surface area contributed by atoms with E-state index in [0.717, 1.165) is 6.42 Å². The van der Waals surface area contributed by atoms with E-state index in [9.17, 15) is 24.5 Å². The number of benzene rings is 2. The van der Waals surface area contributed by atoms with Gasteiger partial charge in [-0.3, -0.25) is 24.5 Å². The van der Waals surface area contributed by atoms with Crippen LogP contribution in [0.2, 0.25) is 0 Å². The Hall–Kier alpha value is -4.27. The second-order valence-corrected chi connectivity index (χ2v) is 8.57. The Morgan fingerprint density at radius 2 is 1.82 bits per heavy atom. The minimum Gasteiger partial charge on any atom is -0.494 e. The summed E-state index contributed by atoms with van der Waals surface area (Å²) < 4.78 is 5.13. The summed E-state index contributed by atoms with van der Waals surface area (Å²) in [5, 5.41) is 13.5. The number of amides is 3. The van der Waals surface area contributed by atoms with Crippen LogP contribution in [0.15, 0.2) is 60.7 Å². The maximum Gasteiger partial charge on any atom is 0.273 e. The lowest BCUT2D eigenvalue weighted by atomic mass is 9.85. The van der Waals surface area contributed by atoms with E-state index < -0.39 is 10.8 Å². The molecule has 34 heavy (non-hydrogen) atoms. The Kier molecular flexibility index (Phi) is 5.24. The Labute approximate surface area is 194 Å². The molecule has 3 amide bonds. The number of ether oxygens (including phenoxy) is 1. The molecule has 0 unspecified atom stereocenters. The van der Waals surface area contributed by atoms with Gasteiger partial charge in [-0.25, -0.2) is 4.90 Å². The number of imide groups is 1. The van der Waals surface area contributed by atoms with E-state index in [2.05, 4.69) is 17.5 Å². The van der Waals surface area contributed by atoms with E-state index >= 15 is 0 Å². The zero-order valence-corrected chi connectivity index (χ0v) is 18.2. The third-order valence-corrected chi connectivity index (χ3v) is 6.68. The van der Waals surface area contributed by atoms with E-state index in [4.69, 9.17) is 4.74 Å². The molecule has 1 saturated carbocycles. The standard InChI is InChI=1S/C25H21N3O6/c1-34-20-13-18(28(32)33)8-9-19(20)26-21(29)10-5-14-3-2-4-17(11-14)27-24(30)22-15-6-7-16(12-15)23(22)25(27)31/h2-11,13,15-16,22-23H,12H2,1H3,(H,26,29)/b10-5+/t15-,16+,22-,23+. The molecule has 2 fully saturated rings. The summed E-state index contributed by atoms with van der Waals surface area (Å²) in [6, 6.07) is 10.8. The minimum absolute atomic E-state index is 0.139. The van der Waals surface area contributed by atoms with E-state index in [1.165, 1.54) is 36.3 Å². The monoisotopic (exact) mass is 459 g/mol. The zero-order valence-electron chi connectivity index (χ0n) is 18.2. The Morgan fingerprint density at radius 1 is 1.12 bits per heavy atom. The van der Waals surface area contributed by atoms with Crippen LogP contribution in [0.5, 0.6) is 5.75 Å². The van der Waals surface area contributed by atoms with E-state index in [-0.39, 0.29) is 46.9 Å². The highest BCUT2D eigenvalue weighted by molar-refractivity contribution is 6.23. The lowest BCUT2D eigenvalue weighted by Crippen LogP contribution is -2.32. The number of anilines is 2. The Morgan fingerprint density at radius 3 is 2.47 bits per heavy atom. The van der Waals surface area contributed by atoms with E-state index in [0.29, 0.717) is 16.9 Å². The molecule has 2 aliphatic carbocycles. The summed E-state index contributed by atoms with van der Waals surface area (Å²) in [5.74, 6) is -0.888. The first-order valence-corrected chi connectivity index (χ1v) is 10.8. The van der Waals surface area contributed by atoms with Gasteiger partial charge in [0, 0.05) is 12.1 Å². The summed E-state index contributed by atoms with van der Waals surface area (Å²) in [5.41, 5.74) is 1.27. The summed E-state index contributed by atoms with van der Waals surface area (Å²) in [6.45, 7) is 0. The fraction of sp³-hybridized carbons (Fsp3) is 0.240. The normalized spacial score (nSPS) is 24.7. The van der Waals surface area contributed by atoms with Crippen LogP contribution < -0.4 is 15.0 Å². The van der Waals surface area contributed by atoms with Crippen molar-refractivity contribution in [3.63, 3.8) is 0 Å². The summed E-state index contributed by atoms with van der Waals surface area (Å²) >= 11 is 0. The number of non-ortho nitro benzene ring substituents is 1. The van der Waals surface area contributed by atoms with Gasteiger partial charge in [0.25, 0.3) is 5.69 Å². The second kappa shape index (κ2) is 8.26. The van der Waals surface area contributed by atoms with Crippen molar-refractivity contribution in [2.75, 3.05) is 17.3 Å². The van der Waals surface area contributed by atoms with Gasteiger partial charge in [0.15, 0.2) is 0 Å². The molecule has 5 rings (SSSR count). The molecule has 0 spiro atoms. The van der Waals surface area contributed by atoms with Gasteiger partial charge in [-0.1, -0.05) is 24.3 Å². The molecular weight excluding hydrogens is 438 g/mol. The molecule has 9 nitrogen and oxygen atoms in total. The van der Waals surface area contributed by atoms with Crippen molar-refractivity contribution in [2.24, 2.45) is 23.7 Å². The second-order valence-electron chi connectivity index (χ2n) is 8.57. The molecule has 1 saturated heterocycles.